The molecule has 2 aromatic heterocycles. The molecule has 8 nitrogen and oxygen atoms in total. The number of anilines is 2. The Hall–Kier alpha value is -2.14. The third kappa shape index (κ3) is 4.72. The zero-order chi connectivity index (χ0) is 20.2. The van der Waals surface area contributed by atoms with E-state index in [1.54, 1.807) is 25.3 Å². The van der Waals surface area contributed by atoms with Gasteiger partial charge in [-0.05, 0) is 18.2 Å². The number of benzene rings is 1. The number of carbonyl (C=O) groups excluding carboxylic acids is 1. The van der Waals surface area contributed by atoms with Crippen LogP contribution in [0.2, 0.25) is 5.02 Å². The number of hydrogen-bond acceptors (Lipinski definition) is 9. The zero-order valence-electron chi connectivity index (χ0n) is 15.6. The normalized spacial score (nSPS) is 14.2. The van der Waals surface area contributed by atoms with Crippen molar-refractivity contribution in [3.05, 3.63) is 29.5 Å². The molecule has 3 aromatic rings. The number of hydrogen-bond donors (Lipinski definition) is 1. The van der Waals surface area contributed by atoms with E-state index in [2.05, 4.69) is 25.2 Å². The van der Waals surface area contributed by atoms with Crippen molar-refractivity contribution < 1.29 is 14.3 Å². The Kier molecular flexibility index (Phi) is 6.34. The summed E-state index contributed by atoms with van der Waals surface area (Å²) in [6, 6.07) is 5.07. The number of ether oxygens (including phenoxy) is 2. The van der Waals surface area contributed by atoms with Crippen LogP contribution in [0.3, 0.4) is 0 Å². The summed E-state index contributed by atoms with van der Waals surface area (Å²) in [5.74, 6) is 0.557. The van der Waals surface area contributed by atoms with Crippen LogP contribution >= 0.6 is 34.7 Å². The number of fused-ring (bicyclic) bond motifs is 1. The van der Waals surface area contributed by atoms with Crippen molar-refractivity contribution in [3.8, 4) is 5.75 Å². The first-order chi connectivity index (χ1) is 14.1. The fraction of sp³-hybridized carbons (Fsp3) is 0.333. The summed E-state index contributed by atoms with van der Waals surface area (Å²) in [6.45, 7) is 2.99. The molecule has 29 heavy (non-hydrogen) atoms. The van der Waals surface area contributed by atoms with E-state index in [0.717, 1.165) is 27.9 Å². The summed E-state index contributed by atoms with van der Waals surface area (Å²) in [6.07, 6.45) is 1.48. The third-order valence-electron chi connectivity index (χ3n) is 4.20. The first-order valence-electron chi connectivity index (χ1n) is 8.84. The zero-order valence-corrected chi connectivity index (χ0v) is 17.9. The average molecular weight is 452 g/mol. The van der Waals surface area contributed by atoms with Crippen molar-refractivity contribution in [1.82, 2.24) is 15.0 Å². The van der Waals surface area contributed by atoms with Crippen molar-refractivity contribution >= 4 is 61.8 Å². The molecule has 1 amide bonds. The smallest absolute Gasteiger partial charge is 0.234 e. The monoisotopic (exact) mass is 451 g/mol. The number of thiazole rings is 1. The molecule has 0 saturated carbocycles. The fourth-order valence-corrected chi connectivity index (χ4v) is 4.93. The summed E-state index contributed by atoms with van der Waals surface area (Å²) < 4.78 is 11.5. The minimum Gasteiger partial charge on any atom is -0.495 e. The molecule has 1 aliphatic rings. The highest BCUT2D eigenvalue weighted by molar-refractivity contribution is 8.00. The highest BCUT2D eigenvalue weighted by Crippen LogP contribution is 2.34. The lowest BCUT2D eigenvalue weighted by Gasteiger charge is -2.25. The van der Waals surface area contributed by atoms with Gasteiger partial charge >= 0.3 is 0 Å². The average Bonchev–Trinajstić information content (AvgIpc) is 3.18. The SMILES string of the molecule is COc1ccc(Cl)cc1NC(=O)CSc1ncnc2nc(N3CCOCC3)sc12. The molecule has 0 radical (unpaired) electrons. The van der Waals surface area contributed by atoms with Gasteiger partial charge in [0, 0.05) is 18.1 Å². The lowest BCUT2D eigenvalue weighted by atomic mass is 10.3. The number of thioether (sulfide) groups is 1. The molecule has 0 unspecified atom stereocenters. The number of rotatable bonds is 6. The number of morpholine rings is 1. The molecule has 1 N–H and O–H groups in total. The highest BCUT2D eigenvalue weighted by atomic mass is 35.5. The van der Waals surface area contributed by atoms with Crippen LogP contribution in [-0.4, -0.2) is 60.0 Å². The Morgan fingerprint density at radius 3 is 3.00 bits per heavy atom. The minimum atomic E-state index is -0.180. The van der Waals surface area contributed by atoms with Crippen LogP contribution in [0, 0.1) is 0 Å². The largest absolute Gasteiger partial charge is 0.495 e. The summed E-state index contributed by atoms with van der Waals surface area (Å²) in [5.41, 5.74) is 1.18. The standard InChI is InChI=1S/C18H18ClN5O3S2/c1-26-13-3-2-11(19)8-12(13)22-14(25)9-28-17-15-16(20-10-21-17)23-18(29-15)24-4-6-27-7-5-24/h2-3,8,10H,4-7,9H2,1H3,(H,22,25). The lowest BCUT2D eigenvalue weighted by molar-refractivity contribution is -0.113. The lowest BCUT2D eigenvalue weighted by Crippen LogP contribution is -2.36. The van der Waals surface area contributed by atoms with E-state index in [1.165, 1.54) is 29.4 Å². The molecule has 0 atom stereocenters. The molecule has 1 aromatic carbocycles. The van der Waals surface area contributed by atoms with Gasteiger partial charge in [-0.3, -0.25) is 4.79 Å². The van der Waals surface area contributed by atoms with Crippen molar-refractivity contribution in [2.24, 2.45) is 0 Å². The molecule has 11 heteroatoms. The number of halogens is 1. The van der Waals surface area contributed by atoms with E-state index in [0.29, 0.717) is 35.3 Å². The second-order valence-corrected chi connectivity index (χ2v) is 8.49. The molecule has 1 fully saturated rings. The molecule has 152 valence electrons. The number of methoxy groups -OCH3 is 1. The Balaban J connectivity index is 1.46. The molecule has 4 rings (SSSR count). The van der Waals surface area contributed by atoms with Crippen molar-refractivity contribution in [3.63, 3.8) is 0 Å². The van der Waals surface area contributed by atoms with Gasteiger partial charge in [0.05, 0.1) is 31.8 Å². The number of nitrogens with one attached hydrogen (secondary N) is 1. The quantitative estimate of drug-likeness (QED) is 0.451. The molecular weight excluding hydrogens is 434 g/mol. The molecule has 0 spiro atoms. The topological polar surface area (TPSA) is 89.5 Å². The summed E-state index contributed by atoms with van der Waals surface area (Å²) in [7, 11) is 1.54. The molecule has 0 bridgehead atoms. The maximum Gasteiger partial charge on any atom is 0.234 e. The Bertz CT molecular complexity index is 1030. The van der Waals surface area contributed by atoms with Crippen molar-refractivity contribution in [1.29, 1.82) is 0 Å². The Labute approximate surface area is 180 Å². The van der Waals surface area contributed by atoms with Gasteiger partial charge in [-0.1, -0.05) is 34.7 Å². The van der Waals surface area contributed by atoms with E-state index in [4.69, 9.17) is 21.1 Å². The molecule has 1 saturated heterocycles. The van der Waals surface area contributed by atoms with Gasteiger partial charge in [-0.15, -0.1) is 0 Å². The van der Waals surface area contributed by atoms with Crippen LogP contribution in [0.1, 0.15) is 0 Å². The van der Waals surface area contributed by atoms with Crippen LogP contribution in [0.25, 0.3) is 10.3 Å². The number of carbonyl (C=O) groups is 1. The first kappa shape index (κ1) is 20.1. The fourth-order valence-electron chi connectivity index (χ4n) is 2.81. The van der Waals surface area contributed by atoms with E-state index < -0.39 is 0 Å². The summed E-state index contributed by atoms with van der Waals surface area (Å²) >= 11 is 8.90. The van der Waals surface area contributed by atoms with Crippen LogP contribution in [0.5, 0.6) is 5.75 Å². The number of nitrogens with zero attached hydrogens (tertiary/aromatic N) is 4. The highest BCUT2D eigenvalue weighted by Gasteiger charge is 2.19. The summed E-state index contributed by atoms with van der Waals surface area (Å²) in [5, 5.41) is 4.99. The van der Waals surface area contributed by atoms with Gasteiger partial charge in [-0.25, -0.2) is 9.97 Å². The number of aromatic nitrogens is 3. The predicted octanol–water partition coefficient (Wildman–Crippen LogP) is 3.32. The molecule has 3 heterocycles. The van der Waals surface area contributed by atoms with Gasteiger partial charge in [0.25, 0.3) is 0 Å². The van der Waals surface area contributed by atoms with Gasteiger partial charge in [-0.2, -0.15) is 4.98 Å². The van der Waals surface area contributed by atoms with Gasteiger partial charge in [0.2, 0.25) is 5.91 Å². The molecule has 0 aliphatic carbocycles. The van der Waals surface area contributed by atoms with Crippen LogP contribution in [-0.2, 0) is 9.53 Å². The molecular formula is C18H18ClN5O3S2. The van der Waals surface area contributed by atoms with E-state index in [9.17, 15) is 4.79 Å². The predicted molar refractivity (Wildman–Crippen MR) is 116 cm³/mol. The van der Waals surface area contributed by atoms with E-state index in [-0.39, 0.29) is 11.7 Å². The maximum atomic E-state index is 12.4. The maximum absolute atomic E-state index is 12.4. The van der Waals surface area contributed by atoms with Crippen molar-refractivity contribution in [2.75, 3.05) is 49.4 Å². The van der Waals surface area contributed by atoms with Crippen LogP contribution in [0.4, 0.5) is 10.8 Å². The van der Waals surface area contributed by atoms with Gasteiger partial charge < -0.3 is 19.7 Å². The van der Waals surface area contributed by atoms with E-state index >= 15 is 0 Å². The van der Waals surface area contributed by atoms with E-state index in [1.807, 2.05) is 0 Å². The second-order valence-electron chi connectivity index (χ2n) is 6.11. The van der Waals surface area contributed by atoms with Crippen molar-refractivity contribution in [2.45, 2.75) is 5.03 Å². The first-order valence-corrected chi connectivity index (χ1v) is 11.0. The molecule has 1 aliphatic heterocycles. The van der Waals surface area contributed by atoms with Gasteiger partial charge in [0.1, 0.15) is 21.8 Å². The Morgan fingerprint density at radius 2 is 2.21 bits per heavy atom. The minimum absolute atomic E-state index is 0.180. The van der Waals surface area contributed by atoms with Crippen LogP contribution < -0.4 is 15.0 Å². The summed E-state index contributed by atoms with van der Waals surface area (Å²) in [4.78, 5) is 27.9. The number of amides is 1. The second kappa shape index (κ2) is 9.12. The van der Waals surface area contributed by atoms with Crippen LogP contribution in [0.15, 0.2) is 29.6 Å². The third-order valence-corrected chi connectivity index (χ3v) is 6.67. The Morgan fingerprint density at radius 1 is 1.38 bits per heavy atom. The van der Waals surface area contributed by atoms with Gasteiger partial charge in [0.15, 0.2) is 10.8 Å².